The van der Waals surface area contributed by atoms with Gasteiger partial charge in [-0.25, -0.2) is 4.90 Å². The smallest absolute Gasteiger partial charge is 0.282 e. The molecule has 5 heteroatoms. The van der Waals surface area contributed by atoms with Gasteiger partial charge >= 0.3 is 0 Å². The molecule has 5 nitrogen and oxygen atoms in total. The molecule has 2 aliphatic heterocycles. The zero-order chi connectivity index (χ0) is 23.2. The van der Waals surface area contributed by atoms with Crippen molar-refractivity contribution >= 4 is 23.1 Å². The summed E-state index contributed by atoms with van der Waals surface area (Å²) in [5.41, 5.74) is 6.87. The number of hydrogen-bond acceptors (Lipinski definition) is 4. The predicted octanol–water partition coefficient (Wildman–Crippen LogP) is 4.23. The lowest BCUT2D eigenvalue weighted by atomic mass is 9.96. The third-order valence-electron chi connectivity index (χ3n) is 7.05. The molecule has 0 radical (unpaired) electrons. The van der Waals surface area contributed by atoms with Crippen LogP contribution in [0.25, 0.3) is 5.57 Å². The van der Waals surface area contributed by atoms with Crippen LogP contribution in [0, 0.1) is 27.7 Å². The van der Waals surface area contributed by atoms with E-state index in [9.17, 15) is 9.59 Å². The van der Waals surface area contributed by atoms with Crippen LogP contribution in [0.1, 0.15) is 40.7 Å². The minimum absolute atomic E-state index is 0.227. The van der Waals surface area contributed by atoms with Crippen molar-refractivity contribution in [3.05, 3.63) is 69.9 Å². The minimum atomic E-state index is -0.236. The molecule has 4 rings (SSSR count). The third kappa shape index (κ3) is 3.86. The van der Waals surface area contributed by atoms with Crippen molar-refractivity contribution in [1.29, 1.82) is 0 Å². The summed E-state index contributed by atoms with van der Waals surface area (Å²) < 4.78 is 0. The molecule has 2 aromatic carbocycles. The Morgan fingerprint density at radius 3 is 2.16 bits per heavy atom. The van der Waals surface area contributed by atoms with E-state index >= 15 is 0 Å². The maximum atomic E-state index is 13.8. The Kier molecular flexibility index (Phi) is 5.95. The highest BCUT2D eigenvalue weighted by Gasteiger charge is 2.43. The summed E-state index contributed by atoms with van der Waals surface area (Å²) in [6.45, 7) is 10.1. The Hall–Kier alpha value is -2.92. The number of anilines is 1. The Balaban J connectivity index is 1.83. The molecule has 168 valence electrons. The normalized spacial score (nSPS) is 18.1. The summed E-state index contributed by atoms with van der Waals surface area (Å²) >= 11 is 0. The lowest BCUT2D eigenvalue weighted by molar-refractivity contribution is -0.120. The van der Waals surface area contributed by atoms with Crippen LogP contribution in [0.2, 0.25) is 0 Å². The van der Waals surface area contributed by atoms with Gasteiger partial charge in [-0.15, -0.1) is 0 Å². The number of likely N-dealkylation sites (tertiary alicyclic amines) is 1. The van der Waals surface area contributed by atoms with E-state index in [-0.39, 0.29) is 17.9 Å². The first kappa shape index (κ1) is 22.3. The van der Waals surface area contributed by atoms with Crippen molar-refractivity contribution in [2.24, 2.45) is 0 Å². The van der Waals surface area contributed by atoms with Crippen LogP contribution in [-0.2, 0) is 9.59 Å². The molecule has 2 aliphatic rings. The van der Waals surface area contributed by atoms with Gasteiger partial charge in [0, 0.05) is 13.1 Å². The summed E-state index contributed by atoms with van der Waals surface area (Å²) in [4.78, 5) is 33.4. The summed E-state index contributed by atoms with van der Waals surface area (Å²) in [6.07, 6.45) is 1.95. The quantitative estimate of drug-likeness (QED) is 0.680. The SMILES string of the molecule is Cc1ccc(C2=C(N(C)C3CCN(C)CC3)C(=O)N(c3ccc(C)c(C)c3)C2=O)c(C)c1. The second-order valence-electron chi connectivity index (χ2n) is 9.40. The Bertz CT molecular complexity index is 1110. The maximum absolute atomic E-state index is 13.8. The van der Waals surface area contributed by atoms with Crippen LogP contribution in [0.4, 0.5) is 5.69 Å². The molecule has 1 fully saturated rings. The van der Waals surface area contributed by atoms with Crippen LogP contribution in [0.3, 0.4) is 0 Å². The number of aryl methyl sites for hydroxylation is 4. The molecule has 0 spiro atoms. The van der Waals surface area contributed by atoms with Gasteiger partial charge < -0.3 is 9.80 Å². The van der Waals surface area contributed by atoms with E-state index in [1.807, 2.05) is 65.1 Å². The largest absolute Gasteiger partial charge is 0.366 e. The summed E-state index contributed by atoms with van der Waals surface area (Å²) in [6, 6.07) is 12.1. The molecule has 0 bridgehead atoms. The summed E-state index contributed by atoms with van der Waals surface area (Å²) in [7, 11) is 4.10. The van der Waals surface area contributed by atoms with Crippen LogP contribution >= 0.6 is 0 Å². The summed E-state index contributed by atoms with van der Waals surface area (Å²) in [5, 5.41) is 0. The first-order valence-corrected chi connectivity index (χ1v) is 11.4. The number of benzene rings is 2. The maximum Gasteiger partial charge on any atom is 0.282 e. The van der Waals surface area contributed by atoms with Gasteiger partial charge in [-0.3, -0.25) is 9.59 Å². The summed E-state index contributed by atoms with van der Waals surface area (Å²) in [5.74, 6) is -0.463. The molecule has 0 unspecified atom stereocenters. The van der Waals surface area contributed by atoms with Crippen molar-refractivity contribution in [2.45, 2.75) is 46.6 Å². The molecule has 2 heterocycles. The van der Waals surface area contributed by atoms with Crippen LogP contribution in [0.15, 0.2) is 42.1 Å². The monoisotopic (exact) mass is 431 g/mol. The fourth-order valence-electron chi connectivity index (χ4n) is 4.85. The average molecular weight is 432 g/mol. The highest BCUT2D eigenvalue weighted by molar-refractivity contribution is 6.45. The molecular weight excluding hydrogens is 398 g/mol. The van der Waals surface area contributed by atoms with Gasteiger partial charge in [-0.1, -0.05) is 29.8 Å². The van der Waals surface area contributed by atoms with E-state index in [1.54, 1.807) is 0 Å². The van der Waals surface area contributed by atoms with E-state index in [2.05, 4.69) is 22.9 Å². The van der Waals surface area contributed by atoms with Gasteiger partial charge in [0.15, 0.2) is 0 Å². The Morgan fingerprint density at radius 1 is 0.844 bits per heavy atom. The molecule has 2 aromatic rings. The van der Waals surface area contributed by atoms with Gasteiger partial charge in [0.1, 0.15) is 5.70 Å². The predicted molar refractivity (Wildman–Crippen MR) is 130 cm³/mol. The highest BCUT2D eigenvalue weighted by atomic mass is 16.2. The molecule has 0 saturated carbocycles. The lowest BCUT2D eigenvalue weighted by Gasteiger charge is -2.36. The number of imide groups is 1. The van der Waals surface area contributed by atoms with Gasteiger partial charge in [0.25, 0.3) is 11.8 Å². The van der Waals surface area contributed by atoms with Crippen molar-refractivity contribution in [3.8, 4) is 0 Å². The van der Waals surface area contributed by atoms with Crippen molar-refractivity contribution in [1.82, 2.24) is 9.80 Å². The fraction of sp³-hybridized carbons (Fsp3) is 0.407. The van der Waals surface area contributed by atoms with E-state index < -0.39 is 0 Å². The Morgan fingerprint density at radius 2 is 1.53 bits per heavy atom. The average Bonchev–Trinajstić information content (AvgIpc) is 3.00. The number of carbonyl (C=O) groups is 2. The zero-order valence-electron chi connectivity index (χ0n) is 20.0. The van der Waals surface area contributed by atoms with Gasteiger partial charge in [0.2, 0.25) is 0 Å². The second kappa shape index (κ2) is 8.55. The number of amides is 2. The number of carbonyl (C=O) groups excluding carboxylic acids is 2. The van der Waals surface area contributed by atoms with E-state index in [1.165, 1.54) is 4.90 Å². The van der Waals surface area contributed by atoms with E-state index in [0.29, 0.717) is 17.0 Å². The number of likely N-dealkylation sites (N-methyl/N-ethyl adjacent to an activating group) is 1. The van der Waals surface area contributed by atoms with Crippen molar-refractivity contribution in [3.63, 3.8) is 0 Å². The molecule has 1 saturated heterocycles. The number of piperidine rings is 1. The van der Waals surface area contributed by atoms with E-state index in [0.717, 1.165) is 53.7 Å². The molecule has 2 amide bonds. The van der Waals surface area contributed by atoms with Gasteiger partial charge in [-0.05, 0) is 95.1 Å². The standard InChI is InChI=1S/C27H33N3O2/c1-17-7-10-23(20(4)15-17)24-25(29(6)21-11-13-28(5)14-12-21)27(32)30(26(24)31)22-9-8-18(2)19(3)16-22/h7-10,15-16,21H,11-14H2,1-6H3. The number of rotatable bonds is 4. The van der Waals surface area contributed by atoms with Crippen LogP contribution in [-0.4, -0.2) is 54.8 Å². The van der Waals surface area contributed by atoms with Crippen molar-refractivity contribution in [2.75, 3.05) is 32.1 Å². The lowest BCUT2D eigenvalue weighted by Crippen LogP contribution is -2.43. The van der Waals surface area contributed by atoms with Crippen LogP contribution in [0.5, 0.6) is 0 Å². The van der Waals surface area contributed by atoms with Gasteiger partial charge in [-0.2, -0.15) is 0 Å². The molecular formula is C27H33N3O2. The highest BCUT2D eigenvalue weighted by Crippen LogP contribution is 2.37. The van der Waals surface area contributed by atoms with Crippen LogP contribution < -0.4 is 4.90 Å². The first-order valence-electron chi connectivity index (χ1n) is 11.4. The van der Waals surface area contributed by atoms with E-state index in [4.69, 9.17) is 0 Å². The minimum Gasteiger partial charge on any atom is -0.366 e. The molecule has 0 atom stereocenters. The fourth-order valence-corrected chi connectivity index (χ4v) is 4.85. The molecule has 0 aromatic heterocycles. The molecule has 0 N–H and O–H groups in total. The number of hydrogen-bond donors (Lipinski definition) is 0. The Labute approximate surface area is 191 Å². The first-order chi connectivity index (χ1) is 15.2. The van der Waals surface area contributed by atoms with Gasteiger partial charge in [0.05, 0.1) is 11.3 Å². The topological polar surface area (TPSA) is 43.9 Å². The third-order valence-corrected chi connectivity index (χ3v) is 7.05. The molecule has 0 aliphatic carbocycles. The van der Waals surface area contributed by atoms with Crippen molar-refractivity contribution < 1.29 is 9.59 Å². The molecule has 32 heavy (non-hydrogen) atoms. The second-order valence-corrected chi connectivity index (χ2v) is 9.40. The zero-order valence-corrected chi connectivity index (χ0v) is 20.0. The number of nitrogens with zero attached hydrogens (tertiary/aromatic N) is 3.